The quantitative estimate of drug-likeness (QED) is 0.913. The molecule has 1 amide bonds. The average Bonchev–Trinajstić information content (AvgIpc) is 2.41. The molecule has 0 radical (unpaired) electrons. The summed E-state index contributed by atoms with van der Waals surface area (Å²) in [6.45, 7) is 0. The van der Waals surface area contributed by atoms with Crippen LogP contribution in [0, 0.1) is 0 Å². The second-order valence-corrected chi connectivity index (χ2v) is 5.96. The van der Waals surface area contributed by atoms with Crippen LogP contribution in [0.25, 0.3) is 0 Å². The van der Waals surface area contributed by atoms with Gasteiger partial charge in [-0.3, -0.25) is 4.79 Å². The molecule has 1 fully saturated rings. The zero-order valence-corrected chi connectivity index (χ0v) is 12.7. The van der Waals surface area contributed by atoms with E-state index < -0.39 is 0 Å². The van der Waals surface area contributed by atoms with Crippen molar-refractivity contribution in [1.29, 1.82) is 0 Å². The highest BCUT2D eigenvalue weighted by Gasteiger charge is 2.15. The number of anilines is 1. The first kappa shape index (κ1) is 14.9. The third-order valence-corrected chi connectivity index (χ3v) is 4.09. The number of benzene rings is 1. The van der Waals surface area contributed by atoms with Crippen LogP contribution in [0.1, 0.15) is 55.3 Å². The zero-order chi connectivity index (χ0) is 14.4. The lowest BCUT2D eigenvalue weighted by molar-refractivity contribution is 0.0930. The highest BCUT2D eigenvalue weighted by atomic mass is 16.1. The van der Waals surface area contributed by atoms with E-state index in [1.165, 1.54) is 32.1 Å². The number of hydrogen-bond donors (Lipinski definition) is 1. The molecule has 20 heavy (non-hydrogen) atoms. The lowest BCUT2D eigenvalue weighted by atomic mass is 9.96. The molecular weight excluding hydrogens is 248 g/mol. The van der Waals surface area contributed by atoms with Crippen molar-refractivity contribution in [1.82, 2.24) is 5.32 Å². The zero-order valence-electron chi connectivity index (χ0n) is 12.7. The van der Waals surface area contributed by atoms with Crippen LogP contribution in [0.2, 0.25) is 0 Å². The third kappa shape index (κ3) is 4.26. The van der Waals surface area contributed by atoms with Crippen LogP contribution in [0.4, 0.5) is 5.69 Å². The predicted molar refractivity (Wildman–Crippen MR) is 84.3 cm³/mol. The van der Waals surface area contributed by atoms with Crippen molar-refractivity contribution in [3.05, 3.63) is 29.8 Å². The Balaban J connectivity index is 1.92. The fourth-order valence-corrected chi connectivity index (χ4v) is 2.78. The number of nitrogens with one attached hydrogen (secondary N) is 1. The van der Waals surface area contributed by atoms with Gasteiger partial charge in [0.25, 0.3) is 5.91 Å². The topological polar surface area (TPSA) is 32.3 Å². The van der Waals surface area contributed by atoms with Gasteiger partial charge in [0.15, 0.2) is 0 Å². The maximum Gasteiger partial charge on any atom is 0.251 e. The van der Waals surface area contributed by atoms with Gasteiger partial charge < -0.3 is 10.2 Å². The van der Waals surface area contributed by atoms with Crippen LogP contribution in [-0.4, -0.2) is 26.0 Å². The lowest BCUT2D eigenvalue weighted by Gasteiger charge is -2.21. The van der Waals surface area contributed by atoms with Crippen LogP contribution in [-0.2, 0) is 0 Å². The smallest absolute Gasteiger partial charge is 0.251 e. The van der Waals surface area contributed by atoms with Gasteiger partial charge >= 0.3 is 0 Å². The number of amides is 1. The summed E-state index contributed by atoms with van der Waals surface area (Å²) in [6.07, 6.45) is 8.71. The van der Waals surface area contributed by atoms with Crippen molar-refractivity contribution in [2.45, 2.75) is 51.0 Å². The Labute approximate surface area is 122 Å². The van der Waals surface area contributed by atoms with Crippen LogP contribution in [0.5, 0.6) is 0 Å². The number of carbonyl (C=O) groups is 1. The van der Waals surface area contributed by atoms with Crippen molar-refractivity contribution >= 4 is 11.6 Å². The molecule has 3 heteroatoms. The van der Waals surface area contributed by atoms with E-state index in [9.17, 15) is 4.79 Å². The predicted octanol–water partition coefficient (Wildman–Crippen LogP) is 3.60. The molecule has 0 unspecified atom stereocenters. The van der Waals surface area contributed by atoms with Gasteiger partial charge in [-0.1, -0.05) is 32.1 Å². The SMILES string of the molecule is CN(C)c1ccc(C(=O)NC2CCCCCCC2)cc1. The molecule has 3 nitrogen and oxygen atoms in total. The highest BCUT2D eigenvalue weighted by molar-refractivity contribution is 5.94. The van der Waals surface area contributed by atoms with Crippen molar-refractivity contribution in [2.24, 2.45) is 0 Å². The molecular formula is C17H26N2O. The summed E-state index contributed by atoms with van der Waals surface area (Å²) in [7, 11) is 4.01. The average molecular weight is 274 g/mol. The normalized spacial score (nSPS) is 17.1. The second-order valence-electron chi connectivity index (χ2n) is 5.96. The molecule has 2 rings (SSSR count). The molecule has 0 aromatic heterocycles. The van der Waals surface area contributed by atoms with E-state index in [-0.39, 0.29) is 5.91 Å². The largest absolute Gasteiger partial charge is 0.378 e. The molecule has 1 saturated carbocycles. The summed E-state index contributed by atoms with van der Waals surface area (Å²) < 4.78 is 0. The van der Waals surface area contributed by atoms with Gasteiger partial charge in [0, 0.05) is 31.4 Å². The van der Waals surface area contributed by atoms with Gasteiger partial charge in [-0.25, -0.2) is 0 Å². The fourth-order valence-electron chi connectivity index (χ4n) is 2.78. The molecule has 0 saturated heterocycles. The van der Waals surface area contributed by atoms with E-state index in [0.717, 1.165) is 24.1 Å². The number of nitrogens with zero attached hydrogens (tertiary/aromatic N) is 1. The second kappa shape index (κ2) is 7.32. The van der Waals surface area contributed by atoms with E-state index in [0.29, 0.717) is 6.04 Å². The van der Waals surface area contributed by atoms with E-state index in [1.807, 2.05) is 43.3 Å². The molecule has 0 bridgehead atoms. The van der Waals surface area contributed by atoms with Crippen LogP contribution in [0.15, 0.2) is 24.3 Å². The van der Waals surface area contributed by atoms with Gasteiger partial charge in [-0.05, 0) is 37.1 Å². The maximum atomic E-state index is 12.3. The van der Waals surface area contributed by atoms with Crippen molar-refractivity contribution in [2.75, 3.05) is 19.0 Å². The van der Waals surface area contributed by atoms with Gasteiger partial charge in [-0.15, -0.1) is 0 Å². The molecule has 0 heterocycles. The number of carbonyl (C=O) groups excluding carboxylic acids is 1. The molecule has 0 spiro atoms. The summed E-state index contributed by atoms with van der Waals surface area (Å²) >= 11 is 0. The minimum absolute atomic E-state index is 0.0703. The van der Waals surface area contributed by atoms with E-state index in [1.54, 1.807) is 0 Å². The lowest BCUT2D eigenvalue weighted by Crippen LogP contribution is -2.35. The first-order valence-corrected chi connectivity index (χ1v) is 7.75. The number of rotatable bonds is 3. The molecule has 110 valence electrons. The Kier molecular flexibility index (Phi) is 5.45. The summed E-state index contributed by atoms with van der Waals surface area (Å²) in [6, 6.07) is 8.16. The van der Waals surface area contributed by atoms with Crippen molar-refractivity contribution in [3.8, 4) is 0 Å². The van der Waals surface area contributed by atoms with Crippen LogP contribution < -0.4 is 10.2 Å². The van der Waals surface area contributed by atoms with Crippen LogP contribution >= 0.6 is 0 Å². The Morgan fingerprint density at radius 2 is 1.55 bits per heavy atom. The Hall–Kier alpha value is -1.51. The molecule has 1 aromatic rings. The maximum absolute atomic E-state index is 12.3. The summed E-state index contributed by atoms with van der Waals surface area (Å²) in [5.41, 5.74) is 1.88. The monoisotopic (exact) mass is 274 g/mol. The van der Waals surface area contributed by atoms with Gasteiger partial charge in [-0.2, -0.15) is 0 Å². The van der Waals surface area contributed by atoms with Crippen molar-refractivity contribution < 1.29 is 4.79 Å². The molecule has 1 aromatic carbocycles. The minimum atomic E-state index is 0.0703. The standard InChI is InChI=1S/C17H26N2O/c1-19(2)16-12-10-14(11-13-16)17(20)18-15-8-6-4-3-5-7-9-15/h10-13,15H,3-9H2,1-2H3,(H,18,20). The Morgan fingerprint density at radius 1 is 1.00 bits per heavy atom. The van der Waals surface area contributed by atoms with Crippen molar-refractivity contribution in [3.63, 3.8) is 0 Å². The van der Waals surface area contributed by atoms with Gasteiger partial charge in [0.2, 0.25) is 0 Å². The first-order chi connectivity index (χ1) is 9.66. The van der Waals surface area contributed by atoms with Crippen LogP contribution in [0.3, 0.4) is 0 Å². The first-order valence-electron chi connectivity index (χ1n) is 7.75. The van der Waals surface area contributed by atoms with Gasteiger partial charge in [0.1, 0.15) is 0 Å². The van der Waals surface area contributed by atoms with Gasteiger partial charge in [0.05, 0.1) is 0 Å². The van der Waals surface area contributed by atoms with E-state index in [2.05, 4.69) is 5.32 Å². The van der Waals surface area contributed by atoms with E-state index in [4.69, 9.17) is 0 Å². The number of hydrogen-bond acceptors (Lipinski definition) is 2. The molecule has 0 atom stereocenters. The van der Waals surface area contributed by atoms with E-state index >= 15 is 0 Å². The Morgan fingerprint density at radius 3 is 2.10 bits per heavy atom. The third-order valence-electron chi connectivity index (χ3n) is 4.09. The molecule has 1 aliphatic rings. The fraction of sp³-hybridized carbons (Fsp3) is 0.588. The summed E-state index contributed by atoms with van der Waals surface area (Å²) in [5, 5.41) is 3.20. The molecule has 1 aliphatic carbocycles. The molecule has 0 aliphatic heterocycles. The summed E-state index contributed by atoms with van der Waals surface area (Å²) in [5.74, 6) is 0.0703. The minimum Gasteiger partial charge on any atom is -0.378 e. The Bertz CT molecular complexity index is 417. The molecule has 1 N–H and O–H groups in total. The summed E-state index contributed by atoms with van der Waals surface area (Å²) in [4.78, 5) is 14.3. The highest BCUT2D eigenvalue weighted by Crippen LogP contribution is 2.18.